The first-order valence-electron chi connectivity index (χ1n) is 8.06. The number of carboxylic acid groups (broad SMARTS) is 1. The highest BCUT2D eigenvalue weighted by Gasteiger charge is 2.44. The van der Waals surface area contributed by atoms with Crippen molar-refractivity contribution in [3.8, 4) is 0 Å². The molecular weight excluding hydrogens is 338 g/mol. The second-order valence-corrected chi connectivity index (χ2v) is 7.47. The van der Waals surface area contributed by atoms with Gasteiger partial charge in [0.15, 0.2) is 5.76 Å². The van der Waals surface area contributed by atoms with E-state index in [4.69, 9.17) is 4.42 Å². The fourth-order valence-corrected chi connectivity index (χ4v) is 4.65. The summed E-state index contributed by atoms with van der Waals surface area (Å²) in [6.07, 6.45) is 0.418. The van der Waals surface area contributed by atoms with Crippen molar-refractivity contribution in [3.63, 3.8) is 0 Å². The van der Waals surface area contributed by atoms with Crippen molar-refractivity contribution in [3.05, 3.63) is 47.7 Å². The predicted octanol–water partition coefficient (Wildman–Crippen LogP) is 3.58. The van der Waals surface area contributed by atoms with E-state index in [1.807, 2.05) is 43.3 Å². The Kier molecular flexibility index (Phi) is 3.72. The molecule has 1 aliphatic heterocycles. The van der Waals surface area contributed by atoms with Gasteiger partial charge in [0.1, 0.15) is 11.1 Å². The molecule has 0 bridgehead atoms. The summed E-state index contributed by atoms with van der Waals surface area (Å²) >= 11 is 1.53. The molecule has 1 amide bonds. The first-order valence-corrected chi connectivity index (χ1v) is 9.22. The Morgan fingerprint density at radius 3 is 2.72 bits per heavy atom. The molecule has 0 saturated carbocycles. The van der Waals surface area contributed by atoms with Gasteiger partial charge in [-0.15, -0.1) is 0 Å². The molecular formula is C19H17NO4S. The van der Waals surface area contributed by atoms with Crippen LogP contribution in [0.2, 0.25) is 0 Å². The van der Waals surface area contributed by atoms with Gasteiger partial charge in [0, 0.05) is 22.1 Å². The minimum Gasteiger partial charge on any atom is -0.479 e. The summed E-state index contributed by atoms with van der Waals surface area (Å²) in [6.45, 7) is 1.83. The van der Waals surface area contributed by atoms with Crippen LogP contribution in [0.4, 0.5) is 0 Å². The van der Waals surface area contributed by atoms with E-state index in [2.05, 4.69) is 5.32 Å². The zero-order chi connectivity index (χ0) is 17.6. The summed E-state index contributed by atoms with van der Waals surface area (Å²) in [7, 11) is 0. The number of hydrogen-bond acceptors (Lipinski definition) is 4. The summed E-state index contributed by atoms with van der Waals surface area (Å²) in [4.78, 5) is 24.4. The monoisotopic (exact) mass is 355 g/mol. The minimum absolute atomic E-state index is 0.184. The van der Waals surface area contributed by atoms with E-state index < -0.39 is 17.4 Å². The molecule has 2 aromatic carbocycles. The summed E-state index contributed by atoms with van der Waals surface area (Å²) in [5.74, 6) is -0.191. The zero-order valence-corrected chi connectivity index (χ0v) is 14.5. The van der Waals surface area contributed by atoms with E-state index in [0.29, 0.717) is 17.8 Å². The van der Waals surface area contributed by atoms with Gasteiger partial charge in [0.05, 0.1) is 0 Å². The van der Waals surface area contributed by atoms with Crippen LogP contribution in [0.1, 0.15) is 22.5 Å². The molecule has 5 nitrogen and oxygen atoms in total. The van der Waals surface area contributed by atoms with E-state index in [1.165, 1.54) is 11.8 Å². The number of hydrogen-bond donors (Lipinski definition) is 2. The van der Waals surface area contributed by atoms with Gasteiger partial charge in [-0.25, -0.2) is 4.79 Å². The van der Waals surface area contributed by atoms with Crippen LogP contribution in [-0.2, 0) is 4.79 Å². The predicted molar refractivity (Wildman–Crippen MR) is 98.2 cm³/mol. The summed E-state index contributed by atoms with van der Waals surface area (Å²) < 4.78 is 5.90. The molecule has 3 aromatic rings. The number of aryl methyl sites for hydroxylation is 1. The molecule has 128 valence electrons. The maximum Gasteiger partial charge on any atom is 0.330 e. The molecule has 0 aliphatic carbocycles. The number of benzene rings is 2. The minimum atomic E-state index is -1.21. The number of rotatable bonds is 3. The second-order valence-electron chi connectivity index (χ2n) is 6.36. The lowest BCUT2D eigenvalue weighted by Gasteiger charge is -2.24. The van der Waals surface area contributed by atoms with Crippen molar-refractivity contribution in [2.24, 2.45) is 0 Å². The highest BCUT2D eigenvalue weighted by atomic mass is 32.2. The van der Waals surface area contributed by atoms with Crippen molar-refractivity contribution >= 4 is 45.4 Å². The van der Waals surface area contributed by atoms with Crippen LogP contribution in [-0.4, -0.2) is 34.0 Å². The highest BCUT2D eigenvalue weighted by molar-refractivity contribution is 7.99. The largest absolute Gasteiger partial charge is 0.479 e. The Labute approximate surface area is 148 Å². The molecule has 0 spiro atoms. The molecule has 2 N–H and O–H groups in total. The Hall–Kier alpha value is -2.47. The van der Waals surface area contributed by atoms with E-state index in [-0.39, 0.29) is 5.76 Å². The second kappa shape index (κ2) is 5.81. The summed E-state index contributed by atoms with van der Waals surface area (Å²) in [5.41, 5.74) is 0.172. The standard InChI is InChI=1S/C19H17NO4S/c1-11-13-7-6-12-4-2-3-5-14(12)16(13)24-15(11)17(21)20-19(18(22)23)8-9-25-10-19/h2-7H,8-10H2,1H3,(H,20,21)(H,22,23). The third kappa shape index (κ3) is 2.48. The molecule has 1 aliphatic rings. The molecule has 1 fully saturated rings. The van der Waals surface area contributed by atoms with Gasteiger partial charge in [-0.05, 0) is 24.5 Å². The molecule has 1 saturated heterocycles. The van der Waals surface area contributed by atoms with E-state index in [9.17, 15) is 14.7 Å². The van der Waals surface area contributed by atoms with E-state index in [0.717, 1.165) is 27.5 Å². The Bertz CT molecular complexity index is 1000. The number of carbonyl (C=O) groups is 2. The maximum atomic E-state index is 12.8. The van der Waals surface area contributed by atoms with Gasteiger partial charge >= 0.3 is 5.97 Å². The number of amides is 1. The topological polar surface area (TPSA) is 79.5 Å². The van der Waals surface area contributed by atoms with Gasteiger partial charge in [0.25, 0.3) is 5.91 Å². The fourth-order valence-electron chi connectivity index (χ4n) is 3.33. The number of fused-ring (bicyclic) bond motifs is 3. The van der Waals surface area contributed by atoms with Gasteiger partial charge in [0.2, 0.25) is 0 Å². The molecule has 1 unspecified atom stereocenters. The van der Waals surface area contributed by atoms with Crippen LogP contribution in [0, 0.1) is 6.92 Å². The number of nitrogens with one attached hydrogen (secondary N) is 1. The lowest BCUT2D eigenvalue weighted by Crippen LogP contribution is -2.54. The highest BCUT2D eigenvalue weighted by Crippen LogP contribution is 2.33. The molecule has 25 heavy (non-hydrogen) atoms. The van der Waals surface area contributed by atoms with E-state index >= 15 is 0 Å². The first-order chi connectivity index (χ1) is 12.0. The third-order valence-corrected chi connectivity index (χ3v) is 6.01. The van der Waals surface area contributed by atoms with Crippen LogP contribution in [0.15, 0.2) is 40.8 Å². The van der Waals surface area contributed by atoms with Crippen molar-refractivity contribution in [2.45, 2.75) is 18.9 Å². The summed E-state index contributed by atoms with van der Waals surface area (Å²) in [6, 6.07) is 11.7. The van der Waals surface area contributed by atoms with Crippen molar-refractivity contribution in [2.75, 3.05) is 11.5 Å². The number of furan rings is 1. The average molecular weight is 355 g/mol. The Balaban J connectivity index is 1.78. The van der Waals surface area contributed by atoms with Crippen LogP contribution < -0.4 is 5.32 Å². The zero-order valence-electron chi connectivity index (χ0n) is 13.7. The third-order valence-electron chi connectivity index (χ3n) is 4.82. The van der Waals surface area contributed by atoms with Crippen LogP contribution >= 0.6 is 11.8 Å². The number of carbonyl (C=O) groups excluding carboxylic acids is 1. The van der Waals surface area contributed by atoms with Gasteiger partial charge in [-0.1, -0.05) is 36.4 Å². The quantitative estimate of drug-likeness (QED) is 0.751. The van der Waals surface area contributed by atoms with Crippen LogP contribution in [0.3, 0.4) is 0 Å². The van der Waals surface area contributed by atoms with E-state index in [1.54, 1.807) is 0 Å². The molecule has 0 radical (unpaired) electrons. The smallest absolute Gasteiger partial charge is 0.330 e. The number of carboxylic acids is 1. The summed E-state index contributed by atoms with van der Waals surface area (Å²) in [5, 5.41) is 15.1. The SMILES string of the molecule is Cc1c(C(=O)NC2(C(=O)O)CCSC2)oc2c1ccc1ccccc12. The molecule has 4 rings (SSSR count). The van der Waals surface area contributed by atoms with Gasteiger partial charge in [-0.2, -0.15) is 11.8 Å². The lowest BCUT2D eigenvalue weighted by molar-refractivity contribution is -0.143. The molecule has 1 atom stereocenters. The molecule has 1 aromatic heterocycles. The Morgan fingerprint density at radius 1 is 1.20 bits per heavy atom. The Morgan fingerprint density at radius 2 is 2.00 bits per heavy atom. The number of aliphatic carboxylic acids is 1. The fraction of sp³-hybridized carbons (Fsp3) is 0.263. The molecule has 6 heteroatoms. The lowest BCUT2D eigenvalue weighted by atomic mass is 9.98. The normalized spacial score (nSPS) is 20.2. The van der Waals surface area contributed by atoms with Crippen LogP contribution in [0.5, 0.6) is 0 Å². The van der Waals surface area contributed by atoms with Gasteiger partial charge < -0.3 is 14.8 Å². The molecule has 2 heterocycles. The maximum absolute atomic E-state index is 12.8. The number of thioether (sulfide) groups is 1. The first kappa shape index (κ1) is 16.0. The van der Waals surface area contributed by atoms with Crippen LogP contribution in [0.25, 0.3) is 21.7 Å². The van der Waals surface area contributed by atoms with Gasteiger partial charge in [-0.3, -0.25) is 4.79 Å². The average Bonchev–Trinajstić information content (AvgIpc) is 3.21. The van der Waals surface area contributed by atoms with Crippen molar-refractivity contribution in [1.82, 2.24) is 5.32 Å². The van der Waals surface area contributed by atoms with Crippen molar-refractivity contribution < 1.29 is 19.1 Å². The van der Waals surface area contributed by atoms with Crippen molar-refractivity contribution in [1.29, 1.82) is 0 Å².